The van der Waals surface area contributed by atoms with Crippen LogP contribution in [-0.4, -0.2) is 81.1 Å². The smallest absolute Gasteiger partial charge is 0.494 e. The largest absolute Gasteiger partial charge is 0.519 e. The fourth-order valence-electron chi connectivity index (χ4n) is 4.20. The highest BCUT2D eigenvalue weighted by Crippen LogP contribution is 2.37. The van der Waals surface area contributed by atoms with E-state index in [0.29, 0.717) is 32.7 Å². The summed E-state index contributed by atoms with van der Waals surface area (Å²) in [6.07, 6.45) is -1.26. The second-order valence-electron chi connectivity index (χ2n) is 15.7. The molecule has 0 fully saturated rings. The summed E-state index contributed by atoms with van der Waals surface area (Å²) in [5.41, 5.74) is 3.85. The van der Waals surface area contributed by atoms with Crippen LogP contribution in [0.3, 0.4) is 0 Å². The lowest BCUT2D eigenvalue weighted by atomic mass is 10.2. The minimum absolute atomic E-state index is 0.0271. The van der Waals surface area contributed by atoms with Crippen molar-refractivity contribution in [2.75, 3.05) is 24.9 Å². The highest BCUT2D eigenvalue weighted by Gasteiger charge is 2.35. The number of rotatable bonds is 3. The zero-order valence-electron chi connectivity index (χ0n) is 34.5. The Bertz CT molecular complexity index is 2010. The van der Waals surface area contributed by atoms with Crippen molar-refractivity contribution in [2.24, 2.45) is 0 Å². The number of nitrogens with two attached hydrogens (primary N) is 1. The van der Waals surface area contributed by atoms with Gasteiger partial charge in [0.15, 0.2) is 5.82 Å². The molecule has 2 N–H and O–H groups in total. The molecule has 0 aliphatic carbocycles. The Balaban J connectivity index is 0.000000325. The molecule has 57 heavy (non-hydrogen) atoms. The lowest BCUT2D eigenvalue weighted by Gasteiger charge is -2.28. The monoisotopic (exact) mass is 924 g/mol. The molecule has 2 aromatic heterocycles. The average molecular weight is 927 g/mol. The standard InChI is InChI=1S/C19H24BrN3O5.C10H18O5.C9H8BrN3O/c1-18(2,3)27-16(24)23(17(25)28-19(4,5)6)15-13-11(20)8-9-12(26-7)14(13)21-10-22-15;1-9(2,3)14-7(11)13-8(12)15-10(4,5)6;1-14-6-3-2-5(10)7-8(6)12-4-13-9(7)11/h8-10H,1-7H3;1-6H3;2-4H,1H3,(H2,11,12,13). The lowest BCUT2D eigenvalue weighted by Crippen LogP contribution is -2.44. The van der Waals surface area contributed by atoms with Crippen LogP contribution < -0.4 is 20.1 Å². The first kappa shape index (κ1) is 48.1. The molecule has 312 valence electrons. The molecule has 4 aromatic rings. The van der Waals surface area contributed by atoms with Crippen LogP contribution >= 0.6 is 31.9 Å². The number of benzene rings is 2. The molecule has 4 rings (SSSR count). The van der Waals surface area contributed by atoms with Crippen molar-refractivity contribution < 1.29 is 52.3 Å². The SMILES string of the molecule is CC(C)(C)OC(=O)OC(=O)OC(C)(C)C.COc1ccc(Br)c2c(N(C(=O)OC(C)(C)C)C(=O)OC(C)(C)C)ncnc12.COc1ccc(Br)c2c(N)ncnc12. The molecule has 0 atom stereocenters. The minimum atomic E-state index is -1.06. The van der Waals surface area contributed by atoms with Gasteiger partial charge in [-0.3, -0.25) is 0 Å². The molecule has 0 aliphatic rings. The fourth-order valence-corrected chi connectivity index (χ4v) is 5.22. The molecule has 0 radical (unpaired) electrons. The zero-order chi connectivity index (χ0) is 43.7. The summed E-state index contributed by atoms with van der Waals surface area (Å²) in [6, 6.07) is 7.13. The molecule has 17 nitrogen and oxygen atoms in total. The Morgan fingerprint density at radius 1 is 0.561 bits per heavy atom. The molecule has 2 heterocycles. The third kappa shape index (κ3) is 15.4. The van der Waals surface area contributed by atoms with E-state index in [1.54, 1.807) is 102 Å². The van der Waals surface area contributed by atoms with Crippen LogP contribution in [0.5, 0.6) is 11.5 Å². The summed E-state index contributed by atoms with van der Waals surface area (Å²) < 4.78 is 36.6. The quantitative estimate of drug-likeness (QED) is 0.115. The van der Waals surface area contributed by atoms with Crippen molar-refractivity contribution in [3.05, 3.63) is 45.9 Å². The number of hydrogen-bond donors (Lipinski definition) is 1. The molecular formula is C38H50Br2N6O11. The maximum absolute atomic E-state index is 12.9. The van der Waals surface area contributed by atoms with Gasteiger partial charge in [-0.05, 0) is 139 Å². The van der Waals surface area contributed by atoms with E-state index < -0.39 is 46.9 Å². The maximum atomic E-state index is 12.9. The van der Waals surface area contributed by atoms with Crippen molar-refractivity contribution in [2.45, 2.75) is 105 Å². The molecule has 0 unspecified atom stereocenters. The molecule has 2 aromatic carbocycles. The number of anilines is 2. The van der Waals surface area contributed by atoms with Crippen molar-refractivity contribution in [1.82, 2.24) is 19.9 Å². The third-order valence-electron chi connectivity index (χ3n) is 6.16. The first-order valence-corrected chi connectivity index (χ1v) is 18.8. The lowest BCUT2D eigenvalue weighted by molar-refractivity contribution is -0.0294. The van der Waals surface area contributed by atoms with Crippen LogP contribution in [0.2, 0.25) is 0 Å². The van der Waals surface area contributed by atoms with E-state index in [1.165, 1.54) is 19.8 Å². The number of methoxy groups -OCH3 is 2. The van der Waals surface area contributed by atoms with Gasteiger partial charge in [-0.1, -0.05) is 0 Å². The molecule has 0 saturated heterocycles. The number of ether oxygens (including phenoxy) is 7. The number of imide groups is 1. The van der Waals surface area contributed by atoms with Gasteiger partial charge in [0.2, 0.25) is 0 Å². The van der Waals surface area contributed by atoms with Crippen LogP contribution in [0.15, 0.2) is 45.9 Å². The Morgan fingerprint density at radius 2 is 0.930 bits per heavy atom. The van der Waals surface area contributed by atoms with E-state index in [4.69, 9.17) is 34.2 Å². The molecule has 2 amide bonds. The first-order chi connectivity index (χ1) is 26.1. The number of halogens is 2. The second-order valence-corrected chi connectivity index (χ2v) is 17.4. The van der Waals surface area contributed by atoms with Gasteiger partial charge in [-0.2, -0.15) is 4.90 Å². The van der Waals surface area contributed by atoms with Crippen molar-refractivity contribution in [3.63, 3.8) is 0 Å². The van der Waals surface area contributed by atoms with Crippen LogP contribution in [0.1, 0.15) is 83.1 Å². The van der Waals surface area contributed by atoms with Gasteiger partial charge in [0.25, 0.3) is 0 Å². The predicted octanol–water partition coefficient (Wildman–Crippen LogP) is 9.93. The Labute approximate surface area is 348 Å². The highest BCUT2D eigenvalue weighted by atomic mass is 79.9. The van der Waals surface area contributed by atoms with E-state index in [-0.39, 0.29) is 5.82 Å². The topological polar surface area (TPSA) is 214 Å². The van der Waals surface area contributed by atoms with Crippen LogP contribution in [0.4, 0.5) is 30.8 Å². The summed E-state index contributed by atoms with van der Waals surface area (Å²) >= 11 is 6.83. The normalized spacial score (nSPS) is 11.5. The molecule has 0 bridgehead atoms. The van der Waals surface area contributed by atoms with Gasteiger partial charge in [-0.15, -0.1) is 0 Å². The van der Waals surface area contributed by atoms with Gasteiger partial charge in [0.1, 0.15) is 63.4 Å². The minimum Gasteiger partial charge on any atom is -0.494 e. The number of hydrogen-bond acceptors (Lipinski definition) is 16. The Kier molecular flexibility index (Phi) is 16.4. The van der Waals surface area contributed by atoms with Gasteiger partial charge < -0.3 is 38.9 Å². The zero-order valence-corrected chi connectivity index (χ0v) is 37.7. The average Bonchev–Trinajstić information content (AvgIpc) is 3.02. The molecule has 0 saturated carbocycles. The summed E-state index contributed by atoms with van der Waals surface area (Å²) in [4.78, 5) is 65.0. The van der Waals surface area contributed by atoms with E-state index in [1.807, 2.05) is 12.1 Å². The summed E-state index contributed by atoms with van der Waals surface area (Å²) in [7, 11) is 3.10. The van der Waals surface area contributed by atoms with E-state index in [2.05, 4.69) is 56.5 Å². The number of aromatic nitrogens is 4. The number of fused-ring (bicyclic) bond motifs is 2. The summed E-state index contributed by atoms with van der Waals surface area (Å²) in [5.74, 6) is 1.63. The Morgan fingerprint density at radius 3 is 1.32 bits per heavy atom. The van der Waals surface area contributed by atoms with Crippen LogP contribution in [0.25, 0.3) is 21.8 Å². The molecule has 0 spiro atoms. The molecular weight excluding hydrogens is 876 g/mol. The fraction of sp³-hybridized carbons (Fsp3) is 0.474. The van der Waals surface area contributed by atoms with Gasteiger partial charge in [0, 0.05) is 8.95 Å². The van der Waals surface area contributed by atoms with Gasteiger partial charge in [-0.25, -0.2) is 39.1 Å². The molecule has 0 aliphatic heterocycles. The van der Waals surface area contributed by atoms with Crippen LogP contribution in [-0.2, 0) is 23.7 Å². The van der Waals surface area contributed by atoms with E-state index in [9.17, 15) is 19.2 Å². The summed E-state index contributed by atoms with van der Waals surface area (Å²) in [6.45, 7) is 20.2. The van der Waals surface area contributed by atoms with Crippen molar-refractivity contribution >= 4 is 89.8 Å². The summed E-state index contributed by atoms with van der Waals surface area (Å²) in [5, 5.41) is 1.20. The Hall–Kier alpha value is -5.04. The number of amides is 2. The number of carbonyl (C=O) groups is 4. The van der Waals surface area contributed by atoms with Crippen LogP contribution in [0, 0.1) is 0 Å². The van der Waals surface area contributed by atoms with Crippen molar-refractivity contribution in [3.8, 4) is 11.5 Å². The van der Waals surface area contributed by atoms with Crippen molar-refractivity contribution in [1.29, 1.82) is 0 Å². The number of carbonyl (C=O) groups excluding carboxylic acids is 4. The number of nitrogen functional groups attached to an aromatic ring is 1. The molecule has 19 heteroatoms. The van der Waals surface area contributed by atoms with E-state index >= 15 is 0 Å². The third-order valence-corrected chi connectivity index (χ3v) is 7.48. The maximum Gasteiger partial charge on any atom is 0.519 e. The number of nitrogens with zero attached hydrogens (tertiary/aromatic N) is 5. The highest BCUT2D eigenvalue weighted by molar-refractivity contribution is 9.11. The first-order valence-electron chi connectivity index (χ1n) is 17.2. The predicted molar refractivity (Wildman–Crippen MR) is 220 cm³/mol. The van der Waals surface area contributed by atoms with Gasteiger partial charge >= 0.3 is 24.5 Å². The second kappa shape index (κ2) is 19.4. The van der Waals surface area contributed by atoms with E-state index in [0.717, 1.165) is 20.3 Å². The van der Waals surface area contributed by atoms with Gasteiger partial charge in [0.05, 0.1) is 25.0 Å².